The van der Waals surface area contributed by atoms with Crippen molar-refractivity contribution in [1.29, 1.82) is 0 Å². The molecule has 1 heterocycles. The summed E-state index contributed by atoms with van der Waals surface area (Å²) >= 11 is 0. The molecule has 4 nitrogen and oxygen atoms in total. The van der Waals surface area contributed by atoms with Gasteiger partial charge in [0.1, 0.15) is 11.3 Å². The first-order valence-corrected chi connectivity index (χ1v) is 6.02. The predicted octanol–water partition coefficient (Wildman–Crippen LogP) is 3.90. The molecule has 0 unspecified atom stereocenters. The molecule has 149 valence electrons. The van der Waals surface area contributed by atoms with Gasteiger partial charge in [-0.3, -0.25) is 4.79 Å². The first kappa shape index (κ1) is 22.8. The van der Waals surface area contributed by atoms with Crippen LogP contribution in [0.1, 0.15) is 16.1 Å². The van der Waals surface area contributed by atoms with Crippen LogP contribution >= 0.6 is 0 Å². The minimum atomic E-state index is -5.93. The van der Waals surface area contributed by atoms with Gasteiger partial charge in [-0.1, -0.05) is 0 Å². The molecule has 1 aromatic heterocycles. The topological polar surface area (TPSA) is 55.1 Å². The van der Waals surface area contributed by atoms with E-state index in [1.807, 2.05) is 0 Å². The monoisotopic (exact) mass is 451 g/mol. The predicted molar refractivity (Wildman–Crippen MR) is 60.4 cm³/mol. The number of benzene rings is 1. The van der Waals surface area contributed by atoms with Crippen molar-refractivity contribution in [3.63, 3.8) is 0 Å². The average Bonchev–Trinajstić information content (AvgIpc) is 2.81. The molecule has 2 aromatic rings. The molecule has 0 fully saturated rings. The summed E-state index contributed by atoms with van der Waals surface area (Å²) in [5.74, 6) is -14.6. The van der Waals surface area contributed by atoms with Gasteiger partial charge in [-0.05, 0) is 0 Å². The Morgan fingerprint density at radius 2 is 1.41 bits per heavy atom. The number of Topliss-reactive ketones (excluding diaryl/α,β-unsaturated/α-hetero) is 1. The van der Waals surface area contributed by atoms with E-state index in [1.54, 1.807) is 0 Å². The second-order valence-electron chi connectivity index (χ2n) is 4.60. The van der Waals surface area contributed by atoms with E-state index < -0.39 is 68.9 Å². The smallest absolute Gasteiger partial charge is 0.455 e. The Kier molecular flexibility index (Phi) is 5.93. The fourth-order valence-electron chi connectivity index (χ4n) is 1.86. The molecule has 2 rings (SSSR count). The van der Waals surface area contributed by atoms with Crippen LogP contribution in [0.3, 0.4) is 0 Å². The van der Waals surface area contributed by atoms with Gasteiger partial charge in [0.15, 0.2) is 29.0 Å². The second kappa shape index (κ2) is 7.03. The quantitative estimate of drug-likeness (QED) is 0.327. The fourth-order valence-corrected chi connectivity index (χ4v) is 1.86. The molecule has 0 spiro atoms. The van der Waals surface area contributed by atoms with E-state index in [4.69, 9.17) is 0 Å². The maximum absolute atomic E-state index is 13.6. The van der Waals surface area contributed by atoms with Crippen molar-refractivity contribution in [3.8, 4) is 11.6 Å². The molecule has 1 radical (unpaired) electrons. The van der Waals surface area contributed by atoms with Gasteiger partial charge in [0.2, 0.25) is 5.88 Å². The van der Waals surface area contributed by atoms with Gasteiger partial charge in [0.05, 0.1) is 0 Å². The summed E-state index contributed by atoms with van der Waals surface area (Å²) in [6.07, 6.45) is -11.7. The standard InChI is InChI=1S/C12H2F10N2O2.Mn/c13-2-1-3(14)6(16)7(5(2)15)24-10(26)4(9(25)12(20,21)22)8(23-24)11(17,18)19;/h1,26H;. The van der Waals surface area contributed by atoms with Gasteiger partial charge in [-0.25, -0.2) is 17.6 Å². The molecular weight excluding hydrogens is 449 g/mol. The SMILES string of the molecule is O=C(c1c(C(F)(F)F)nn(-c2c(F)c(F)cc(F)c2F)c1O)C(F)(F)F.[Mn]. The molecule has 0 atom stereocenters. The number of alkyl halides is 6. The number of aromatic nitrogens is 2. The van der Waals surface area contributed by atoms with Crippen LogP contribution in [0, 0.1) is 23.3 Å². The Balaban J connectivity index is 0.00000364. The van der Waals surface area contributed by atoms with E-state index >= 15 is 0 Å². The molecule has 1 N–H and O–H groups in total. The van der Waals surface area contributed by atoms with E-state index in [-0.39, 0.29) is 23.1 Å². The van der Waals surface area contributed by atoms with Crippen LogP contribution in [0.5, 0.6) is 5.88 Å². The molecule has 27 heavy (non-hydrogen) atoms. The third kappa shape index (κ3) is 3.88. The van der Waals surface area contributed by atoms with Gasteiger partial charge < -0.3 is 5.11 Å². The van der Waals surface area contributed by atoms with Crippen molar-refractivity contribution < 1.29 is 70.9 Å². The zero-order valence-electron chi connectivity index (χ0n) is 12.0. The van der Waals surface area contributed by atoms with Crippen molar-refractivity contribution in [2.24, 2.45) is 0 Å². The summed E-state index contributed by atoms with van der Waals surface area (Å²) < 4.78 is 129. The van der Waals surface area contributed by atoms with Crippen molar-refractivity contribution in [2.45, 2.75) is 12.4 Å². The molecule has 0 saturated carbocycles. The number of hydrogen-bond acceptors (Lipinski definition) is 3. The molecule has 0 aliphatic carbocycles. The van der Waals surface area contributed by atoms with Crippen molar-refractivity contribution in [1.82, 2.24) is 9.78 Å². The Bertz CT molecular complexity index is 877. The van der Waals surface area contributed by atoms with Gasteiger partial charge in [-0.15, -0.1) is 0 Å². The summed E-state index contributed by atoms with van der Waals surface area (Å²) in [7, 11) is 0. The van der Waals surface area contributed by atoms with Crippen LogP contribution in [0.2, 0.25) is 0 Å². The zero-order chi connectivity index (χ0) is 20.2. The maximum atomic E-state index is 13.6. The van der Waals surface area contributed by atoms with Crippen LogP contribution in [-0.2, 0) is 23.2 Å². The Hall–Kier alpha value is -2.28. The third-order valence-electron chi connectivity index (χ3n) is 2.91. The molecule has 1 aromatic carbocycles. The van der Waals surface area contributed by atoms with Crippen molar-refractivity contribution >= 4 is 5.78 Å². The van der Waals surface area contributed by atoms with Crippen LogP contribution in [-0.4, -0.2) is 26.8 Å². The summed E-state index contributed by atoms with van der Waals surface area (Å²) in [6.45, 7) is 0. The number of carbonyl (C=O) groups is 1. The minimum absolute atomic E-state index is 0. The van der Waals surface area contributed by atoms with E-state index in [0.717, 1.165) is 0 Å². The zero-order valence-corrected chi connectivity index (χ0v) is 13.2. The molecule has 0 bridgehead atoms. The van der Waals surface area contributed by atoms with Crippen molar-refractivity contribution in [2.75, 3.05) is 0 Å². The third-order valence-corrected chi connectivity index (χ3v) is 2.91. The van der Waals surface area contributed by atoms with Crippen LogP contribution in [0.4, 0.5) is 43.9 Å². The molecule has 0 saturated heterocycles. The Morgan fingerprint density at radius 1 is 0.963 bits per heavy atom. The number of carbonyl (C=O) groups excluding carboxylic acids is 1. The van der Waals surface area contributed by atoms with E-state index in [9.17, 15) is 53.8 Å². The first-order valence-electron chi connectivity index (χ1n) is 6.02. The van der Waals surface area contributed by atoms with Gasteiger partial charge in [0.25, 0.3) is 5.78 Å². The van der Waals surface area contributed by atoms with Crippen LogP contribution in [0.25, 0.3) is 5.69 Å². The van der Waals surface area contributed by atoms with E-state index in [2.05, 4.69) is 5.10 Å². The first-order chi connectivity index (χ1) is 11.7. The summed E-state index contributed by atoms with van der Waals surface area (Å²) in [5.41, 5.74) is -7.25. The number of rotatable bonds is 2. The van der Waals surface area contributed by atoms with Crippen LogP contribution in [0.15, 0.2) is 6.07 Å². The van der Waals surface area contributed by atoms with Gasteiger partial charge in [0, 0.05) is 23.1 Å². The van der Waals surface area contributed by atoms with Crippen molar-refractivity contribution in [3.05, 3.63) is 40.6 Å². The van der Waals surface area contributed by atoms with Gasteiger partial charge in [-0.2, -0.15) is 36.1 Å². The molecular formula is C12H2F10MnN2O2. The number of hydrogen-bond donors (Lipinski definition) is 1. The summed E-state index contributed by atoms with van der Waals surface area (Å²) in [4.78, 5) is 11.1. The normalized spacial score (nSPS) is 12.1. The van der Waals surface area contributed by atoms with Crippen LogP contribution < -0.4 is 0 Å². The number of halogens is 10. The second-order valence-corrected chi connectivity index (χ2v) is 4.60. The molecule has 0 aliphatic rings. The summed E-state index contributed by atoms with van der Waals surface area (Å²) in [5, 5.41) is 11.8. The molecule has 15 heteroatoms. The van der Waals surface area contributed by atoms with E-state index in [1.165, 1.54) is 0 Å². The number of aromatic hydroxyl groups is 1. The average molecular weight is 451 g/mol. The summed E-state index contributed by atoms with van der Waals surface area (Å²) in [6, 6.07) is -0.346. The number of ketones is 1. The Labute approximate surface area is 151 Å². The molecule has 0 aliphatic heterocycles. The largest absolute Gasteiger partial charge is 0.493 e. The van der Waals surface area contributed by atoms with Gasteiger partial charge >= 0.3 is 12.4 Å². The minimum Gasteiger partial charge on any atom is -0.493 e. The number of nitrogens with zero attached hydrogens (tertiary/aromatic N) is 2. The molecule has 0 amide bonds. The maximum Gasteiger partial charge on any atom is 0.455 e. The fraction of sp³-hybridized carbons (Fsp3) is 0.167. The van der Waals surface area contributed by atoms with E-state index in [0.29, 0.717) is 0 Å². The Morgan fingerprint density at radius 3 is 1.78 bits per heavy atom.